The van der Waals surface area contributed by atoms with Crippen molar-refractivity contribution in [1.82, 2.24) is 5.32 Å². The summed E-state index contributed by atoms with van der Waals surface area (Å²) < 4.78 is 0. The first-order valence-electron chi connectivity index (χ1n) is 4.51. The topological polar surface area (TPSA) is 32.3 Å². The number of phenols is 1. The Morgan fingerprint density at radius 1 is 1.38 bits per heavy atom. The van der Waals surface area contributed by atoms with Gasteiger partial charge in [-0.2, -0.15) is 0 Å². The Labute approximate surface area is 82.4 Å². The highest BCUT2D eigenvalue weighted by Gasteiger charge is 2.16. The summed E-state index contributed by atoms with van der Waals surface area (Å²) in [6, 6.07) is 7.53. The molecule has 1 aliphatic rings. The quantitative estimate of drug-likeness (QED) is 0.755. The molecule has 3 heteroatoms. The minimum absolute atomic E-state index is 0.402. The molecule has 0 spiro atoms. The minimum atomic E-state index is 0.402. The molecule has 0 saturated carbocycles. The van der Waals surface area contributed by atoms with Gasteiger partial charge in [0.2, 0.25) is 0 Å². The minimum Gasteiger partial charge on any atom is -0.507 e. The second-order valence-corrected chi connectivity index (χ2v) is 4.54. The predicted octanol–water partition coefficient (Wildman–Crippen LogP) is 1.85. The average molecular weight is 195 g/mol. The van der Waals surface area contributed by atoms with Gasteiger partial charge in [0.15, 0.2) is 0 Å². The lowest BCUT2D eigenvalue weighted by atomic mass is 10.3. The van der Waals surface area contributed by atoms with Gasteiger partial charge in [0.25, 0.3) is 0 Å². The third-order valence-corrected chi connectivity index (χ3v) is 3.51. The van der Waals surface area contributed by atoms with Gasteiger partial charge in [0, 0.05) is 16.7 Å². The number of rotatable bonds is 2. The lowest BCUT2D eigenvalue weighted by molar-refractivity contribution is 0.462. The third kappa shape index (κ3) is 2.17. The monoisotopic (exact) mass is 195 g/mol. The van der Waals surface area contributed by atoms with Crippen LogP contribution < -0.4 is 5.32 Å². The summed E-state index contributed by atoms with van der Waals surface area (Å²) in [6.45, 7) is 2.16. The van der Waals surface area contributed by atoms with Crippen molar-refractivity contribution in [3.63, 3.8) is 0 Å². The number of hydrogen-bond acceptors (Lipinski definition) is 3. The van der Waals surface area contributed by atoms with Gasteiger partial charge in [-0.15, -0.1) is 11.8 Å². The van der Waals surface area contributed by atoms with Crippen LogP contribution in [0.3, 0.4) is 0 Å². The maximum Gasteiger partial charge on any atom is 0.129 e. The Kier molecular flexibility index (Phi) is 2.76. The van der Waals surface area contributed by atoms with Crippen molar-refractivity contribution in [2.75, 3.05) is 13.1 Å². The summed E-state index contributed by atoms with van der Waals surface area (Å²) >= 11 is 1.77. The summed E-state index contributed by atoms with van der Waals surface area (Å²) in [5.41, 5.74) is 0. The SMILES string of the molecule is Oc1ccccc1SC1CCNC1. The zero-order chi connectivity index (χ0) is 9.10. The summed E-state index contributed by atoms with van der Waals surface area (Å²) in [6.07, 6.45) is 1.19. The van der Waals surface area contributed by atoms with Crippen LogP contribution in [0.2, 0.25) is 0 Å². The van der Waals surface area contributed by atoms with Gasteiger partial charge in [-0.05, 0) is 25.1 Å². The Morgan fingerprint density at radius 3 is 2.92 bits per heavy atom. The van der Waals surface area contributed by atoms with E-state index < -0.39 is 0 Å². The second-order valence-electron chi connectivity index (χ2n) is 3.20. The molecule has 0 aliphatic carbocycles. The standard InChI is InChI=1S/C10H13NOS/c12-9-3-1-2-4-10(9)13-8-5-6-11-7-8/h1-4,8,11-12H,5-7H2. The van der Waals surface area contributed by atoms with E-state index in [1.165, 1.54) is 6.42 Å². The molecule has 1 atom stereocenters. The molecule has 0 aromatic heterocycles. The fourth-order valence-corrected chi connectivity index (χ4v) is 2.61. The van der Waals surface area contributed by atoms with Crippen LogP contribution in [0.25, 0.3) is 0 Å². The maximum atomic E-state index is 9.53. The van der Waals surface area contributed by atoms with Crippen LogP contribution in [0.15, 0.2) is 29.2 Å². The first-order chi connectivity index (χ1) is 6.36. The van der Waals surface area contributed by atoms with Gasteiger partial charge < -0.3 is 10.4 Å². The molecule has 2 N–H and O–H groups in total. The first kappa shape index (κ1) is 8.91. The van der Waals surface area contributed by atoms with E-state index >= 15 is 0 Å². The summed E-state index contributed by atoms with van der Waals surface area (Å²) in [5, 5.41) is 13.5. The molecular weight excluding hydrogens is 182 g/mol. The third-order valence-electron chi connectivity index (χ3n) is 2.17. The zero-order valence-corrected chi connectivity index (χ0v) is 8.18. The largest absolute Gasteiger partial charge is 0.507 e. The van der Waals surface area contributed by atoms with Crippen molar-refractivity contribution >= 4 is 11.8 Å². The van der Waals surface area contributed by atoms with E-state index in [-0.39, 0.29) is 0 Å². The fourth-order valence-electron chi connectivity index (χ4n) is 1.47. The Balaban J connectivity index is 2.04. The van der Waals surface area contributed by atoms with Crippen LogP contribution >= 0.6 is 11.8 Å². The van der Waals surface area contributed by atoms with E-state index in [2.05, 4.69) is 5.32 Å². The van der Waals surface area contributed by atoms with Crippen LogP contribution in [0, 0.1) is 0 Å². The van der Waals surface area contributed by atoms with Gasteiger partial charge in [-0.3, -0.25) is 0 Å². The van der Waals surface area contributed by atoms with Crippen LogP contribution in [-0.4, -0.2) is 23.4 Å². The zero-order valence-electron chi connectivity index (χ0n) is 7.36. The van der Waals surface area contributed by atoms with Gasteiger partial charge >= 0.3 is 0 Å². The molecule has 1 saturated heterocycles. The van der Waals surface area contributed by atoms with Crippen molar-refractivity contribution in [3.8, 4) is 5.75 Å². The molecule has 2 rings (SSSR count). The summed E-state index contributed by atoms with van der Waals surface area (Å²) in [7, 11) is 0. The van der Waals surface area contributed by atoms with Crippen molar-refractivity contribution in [2.24, 2.45) is 0 Å². The van der Waals surface area contributed by atoms with Crippen molar-refractivity contribution in [1.29, 1.82) is 0 Å². The first-order valence-corrected chi connectivity index (χ1v) is 5.39. The van der Waals surface area contributed by atoms with Crippen LogP contribution in [0.1, 0.15) is 6.42 Å². The number of para-hydroxylation sites is 1. The average Bonchev–Trinajstić information content (AvgIpc) is 2.61. The fraction of sp³-hybridized carbons (Fsp3) is 0.400. The number of aromatic hydroxyl groups is 1. The maximum absolute atomic E-state index is 9.53. The molecule has 2 nitrogen and oxygen atoms in total. The van der Waals surface area contributed by atoms with Crippen LogP contribution in [0.5, 0.6) is 5.75 Å². The van der Waals surface area contributed by atoms with E-state index in [1.54, 1.807) is 17.8 Å². The number of thioether (sulfide) groups is 1. The van der Waals surface area contributed by atoms with E-state index in [0.29, 0.717) is 11.0 Å². The van der Waals surface area contributed by atoms with E-state index in [1.807, 2.05) is 18.2 Å². The molecule has 70 valence electrons. The molecular formula is C10H13NOS. The second kappa shape index (κ2) is 4.03. The van der Waals surface area contributed by atoms with E-state index in [9.17, 15) is 5.11 Å². The molecule has 1 aromatic rings. The number of nitrogens with one attached hydrogen (secondary N) is 1. The molecule has 0 radical (unpaired) electrons. The molecule has 1 fully saturated rings. The lowest BCUT2D eigenvalue weighted by Crippen LogP contribution is -2.09. The van der Waals surface area contributed by atoms with Gasteiger partial charge in [-0.1, -0.05) is 12.1 Å². The Hall–Kier alpha value is -0.670. The number of phenolic OH excluding ortho intramolecular Hbond substituents is 1. The van der Waals surface area contributed by atoms with Gasteiger partial charge in [-0.25, -0.2) is 0 Å². The highest BCUT2D eigenvalue weighted by atomic mass is 32.2. The molecule has 0 bridgehead atoms. The summed E-state index contributed by atoms with van der Waals surface area (Å²) in [5.74, 6) is 0.402. The van der Waals surface area contributed by atoms with Gasteiger partial charge in [0.05, 0.1) is 0 Å². The smallest absolute Gasteiger partial charge is 0.129 e. The molecule has 0 amide bonds. The summed E-state index contributed by atoms with van der Waals surface area (Å²) in [4.78, 5) is 0.996. The molecule has 1 heterocycles. The van der Waals surface area contributed by atoms with Crippen molar-refractivity contribution in [2.45, 2.75) is 16.6 Å². The number of hydrogen-bond donors (Lipinski definition) is 2. The molecule has 13 heavy (non-hydrogen) atoms. The van der Waals surface area contributed by atoms with Crippen LogP contribution in [0.4, 0.5) is 0 Å². The van der Waals surface area contributed by atoms with Crippen LogP contribution in [-0.2, 0) is 0 Å². The van der Waals surface area contributed by atoms with Crippen molar-refractivity contribution in [3.05, 3.63) is 24.3 Å². The molecule has 1 unspecified atom stereocenters. The van der Waals surface area contributed by atoms with E-state index in [4.69, 9.17) is 0 Å². The molecule has 1 aromatic carbocycles. The predicted molar refractivity (Wildman–Crippen MR) is 55.2 cm³/mol. The number of benzene rings is 1. The highest BCUT2D eigenvalue weighted by molar-refractivity contribution is 8.00. The normalized spacial score (nSPS) is 22.0. The Bertz CT molecular complexity index is 284. The molecule has 1 aliphatic heterocycles. The lowest BCUT2D eigenvalue weighted by Gasteiger charge is -2.08. The van der Waals surface area contributed by atoms with E-state index in [0.717, 1.165) is 18.0 Å². The van der Waals surface area contributed by atoms with Gasteiger partial charge in [0.1, 0.15) is 5.75 Å². The highest BCUT2D eigenvalue weighted by Crippen LogP contribution is 2.32. The van der Waals surface area contributed by atoms with Crippen molar-refractivity contribution < 1.29 is 5.11 Å². The Morgan fingerprint density at radius 2 is 2.23 bits per heavy atom.